The molecule has 1 fully saturated rings. The van der Waals surface area contributed by atoms with Crippen molar-refractivity contribution in [2.75, 3.05) is 43.1 Å². The average Bonchev–Trinajstić information content (AvgIpc) is 2.60. The molecular weight excluding hydrogens is 308 g/mol. The van der Waals surface area contributed by atoms with E-state index in [0.717, 1.165) is 6.54 Å². The number of nitrogens with zero attached hydrogens (tertiary/aromatic N) is 3. The van der Waals surface area contributed by atoms with Gasteiger partial charge < -0.3 is 26.4 Å². The van der Waals surface area contributed by atoms with Gasteiger partial charge in [-0.2, -0.15) is 9.97 Å². The first-order valence-electron chi connectivity index (χ1n) is 7.64. The van der Waals surface area contributed by atoms with Gasteiger partial charge in [0.15, 0.2) is 5.78 Å². The van der Waals surface area contributed by atoms with Crippen molar-refractivity contribution in [3.8, 4) is 5.75 Å². The molecule has 3 rings (SSSR count). The number of nitrogens with one attached hydrogen (secondary N) is 1. The van der Waals surface area contributed by atoms with Gasteiger partial charge in [-0.25, -0.2) is 0 Å². The van der Waals surface area contributed by atoms with Crippen LogP contribution in [0.2, 0.25) is 0 Å². The van der Waals surface area contributed by atoms with Gasteiger partial charge in [-0.3, -0.25) is 4.79 Å². The van der Waals surface area contributed by atoms with Gasteiger partial charge in [-0.15, -0.1) is 0 Å². The van der Waals surface area contributed by atoms with Gasteiger partial charge in [0, 0.05) is 31.3 Å². The van der Waals surface area contributed by atoms with Crippen LogP contribution < -0.4 is 26.4 Å². The highest BCUT2D eigenvalue weighted by molar-refractivity contribution is 6.02. The minimum absolute atomic E-state index is 0.0168. The fourth-order valence-corrected chi connectivity index (χ4v) is 2.80. The van der Waals surface area contributed by atoms with Gasteiger partial charge >= 0.3 is 0 Å². The minimum atomic E-state index is -0.403. The Morgan fingerprint density at radius 2 is 2.17 bits per heavy atom. The fraction of sp³-hybridized carbons (Fsp3) is 0.312. The number of hydrogen-bond acceptors (Lipinski definition) is 8. The molecule has 1 aromatic heterocycles. The van der Waals surface area contributed by atoms with Gasteiger partial charge in [0.2, 0.25) is 5.95 Å². The molecule has 24 heavy (non-hydrogen) atoms. The monoisotopic (exact) mass is 328 g/mol. The number of carbonyl (C=O) groups is 1. The third-order valence-corrected chi connectivity index (χ3v) is 3.94. The lowest BCUT2D eigenvalue weighted by Gasteiger charge is -2.36. The molecule has 0 spiro atoms. The lowest BCUT2D eigenvalue weighted by Crippen LogP contribution is -2.55. The maximum absolute atomic E-state index is 13.0. The average molecular weight is 328 g/mol. The zero-order valence-electron chi connectivity index (χ0n) is 13.4. The normalized spacial score (nSPS) is 17.5. The number of methoxy groups -OCH3 is 1. The molecule has 5 N–H and O–H groups in total. The summed E-state index contributed by atoms with van der Waals surface area (Å²) in [6.07, 6.45) is 0. The van der Waals surface area contributed by atoms with Crippen molar-refractivity contribution in [1.82, 2.24) is 15.3 Å². The Bertz CT molecular complexity index is 731. The van der Waals surface area contributed by atoms with Crippen LogP contribution >= 0.6 is 0 Å². The van der Waals surface area contributed by atoms with E-state index in [0.29, 0.717) is 30.2 Å². The van der Waals surface area contributed by atoms with Crippen LogP contribution in [0.25, 0.3) is 0 Å². The number of carbonyl (C=O) groups excluding carboxylic acids is 1. The van der Waals surface area contributed by atoms with Crippen molar-refractivity contribution in [2.45, 2.75) is 6.04 Å². The predicted octanol–water partition coefficient (Wildman–Crippen LogP) is 0.311. The van der Waals surface area contributed by atoms with Gasteiger partial charge in [-0.05, 0) is 12.1 Å². The Labute approximate surface area is 139 Å². The van der Waals surface area contributed by atoms with Crippen molar-refractivity contribution in [3.63, 3.8) is 0 Å². The number of rotatable bonds is 4. The maximum atomic E-state index is 13.0. The van der Waals surface area contributed by atoms with E-state index < -0.39 is 6.04 Å². The van der Waals surface area contributed by atoms with Crippen LogP contribution in [0, 0.1) is 0 Å². The molecule has 1 atom stereocenters. The molecular formula is C16H20N6O2. The van der Waals surface area contributed by atoms with Crippen LogP contribution in [0.15, 0.2) is 30.3 Å². The lowest BCUT2D eigenvalue weighted by atomic mass is 10.0. The summed E-state index contributed by atoms with van der Waals surface area (Å²) in [6.45, 7) is 1.88. The summed E-state index contributed by atoms with van der Waals surface area (Å²) >= 11 is 0. The lowest BCUT2D eigenvalue weighted by molar-refractivity contribution is 0.0950. The molecule has 126 valence electrons. The number of aromatic nitrogens is 2. The summed E-state index contributed by atoms with van der Waals surface area (Å²) < 4.78 is 5.20. The Kier molecular flexibility index (Phi) is 4.48. The van der Waals surface area contributed by atoms with Gasteiger partial charge in [0.05, 0.1) is 7.11 Å². The van der Waals surface area contributed by atoms with Crippen LogP contribution in [0.1, 0.15) is 10.4 Å². The standard InChI is InChI=1S/C16H20N6O2/c1-24-11-4-2-3-10(7-11)15(23)12-9-19-5-6-22(12)14-8-13(17)20-16(18)21-14/h2-4,7-8,12,19H,5-6,9H2,1H3,(H4,17,18,20,21). The summed E-state index contributed by atoms with van der Waals surface area (Å²) in [5.74, 6) is 1.56. The largest absolute Gasteiger partial charge is 0.497 e. The Hall–Kier alpha value is -2.87. The van der Waals surface area contributed by atoms with Crippen LogP contribution in [-0.2, 0) is 0 Å². The Morgan fingerprint density at radius 1 is 1.33 bits per heavy atom. The summed E-state index contributed by atoms with van der Waals surface area (Å²) in [4.78, 5) is 23.0. The van der Waals surface area contributed by atoms with E-state index in [4.69, 9.17) is 16.2 Å². The summed E-state index contributed by atoms with van der Waals surface area (Å²) in [6, 6.07) is 8.35. The number of ketones is 1. The number of nitrogen functional groups attached to an aromatic ring is 2. The van der Waals surface area contributed by atoms with E-state index in [9.17, 15) is 4.79 Å². The first-order valence-corrected chi connectivity index (χ1v) is 7.64. The van der Waals surface area contributed by atoms with E-state index in [1.807, 2.05) is 4.90 Å². The summed E-state index contributed by atoms with van der Waals surface area (Å²) in [7, 11) is 1.57. The Morgan fingerprint density at radius 3 is 2.92 bits per heavy atom. The number of piperazine rings is 1. The molecule has 0 radical (unpaired) electrons. The second kappa shape index (κ2) is 6.71. The molecule has 1 aliphatic heterocycles. The highest BCUT2D eigenvalue weighted by Crippen LogP contribution is 2.22. The highest BCUT2D eigenvalue weighted by atomic mass is 16.5. The van der Waals surface area contributed by atoms with Crippen LogP contribution in [0.5, 0.6) is 5.75 Å². The number of anilines is 3. The van der Waals surface area contributed by atoms with E-state index in [2.05, 4.69) is 15.3 Å². The number of ether oxygens (including phenoxy) is 1. The highest BCUT2D eigenvalue weighted by Gasteiger charge is 2.30. The number of hydrogen-bond donors (Lipinski definition) is 3. The minimum Gasteiger partial charge on any atom is -0.497 e. The van der Waals surface area contributed by atoms with E-state index >= 15 is 0 Å². The molecule has 1 aromatic carbocycles. The predicted molar refractivity (Wildman–Crippen MR) is 92.2 cm³/mol. The molecule has 8 heteroatoms. The van der Waals surface area contributed by atoms with Crippen molar-refractivity contribution in [1.29, 1.82) is 0 Å². The van der Waals surface area contributed by atoms with E-state index in [-0.39, 0.29) is 17.5 Å². The van der Waals surface area contributed by atoms with Crippen molar-refractivity contribution in [3.05, 3.63) is 35.9 Å². The fourth-order valence-electron chi connectivity index (χ4n) is 2.80. The second-order valence-electron chi connectivity index (χ2n) is 5.52. The first-order chi connectivity index (χ1) is 11.6. The van der Waals surface area contributed by atoms with E-state index in [1.54, 1.807) is 37.4 Å². The van der Waals surface area contributed by atoms with Gasteiger partial charge in [-0.1, -0.05) is 12.1 Å². The number of Topliss-reactive ketones (excluding diaryl/α,β-unsaturated/α-hetero) is 1. The third kappa shape index (κ3) is 3.23. The Balaban J connectivity index is 1.92. The smallest absolute Gasteiger partial charge is 0.223 e. The molecule has 0 aliphatic carbocycles. The second-order valence-corrected chi connectivity index (χ2v) is 5.52. The van der Waals surface area contributed by atoms with Gasteiger partial charge in [0.25, 0.3) is 0 Å². The molecule has 0 amide bonds. The number of nitrogens with two attached hydrogens (primary N) is 2. The molecule has 1 unspecified atom stereocenters. The van der Waals surface area contributed by atoms with Gasteiger partial charge in [0.1, 0.15) is 23.4 Å². The zero-order chi connectivity index (χ0) is 17.1. The quantitative estimate of drug-likeness (QED) is 0.686. The first kappa shape index (κ1) is 16.0. The molecule has 2 aromatic rings. The number of benzene rings is 1. The molecule has 0 bridgehead atoms. The topological polar surface area (TPSA) is 119 Å². The van der Waals surface area contributed by atoms with Crippen molar-refractivity contribution in [2.24, 2.45) is 0 Å². The zero-order valence-corrected chi connectivity index (χ0v) is 13.4. The third-order valence-electron chi connectivity index (χ3n) is 3.94. The maximum Gasteiger partial charge on any atom is 0.223 e. The van der Waals surface area contributed by atoms with Crippen molar-refractivity contribution < 1.29 is 9.53 Å². The summed E-state index contributed by atoms with van der Waals surface area (Å²) in [5.41, 5.74) is 12.0. The van der Waals surface area contributed by atoms with Crippen LogP contribution in [0.4, 0.5) is 17.6 Å². The van der Waals surface area contributed by atoms with Crippen LogP contribution in [0.3, 0.4) is 0 Å². The van der Waals surface area contributed by atoms with Crippen molar-refractivity contribution >= 4 is 23.4 Å². The SMILES string of the molecule is COc1cccc(C(=O)C2CNCCN2c2cc(N)nc(N)n2)c1. The molecule has 8 nitrogen and oxygen atoms in total. The summed E-state index contributed by atoms with van der Waals surface area (Å²) in [5, 5.41) is 3.24. The molecule has 1 aliphatic rings. The molecule has 2 heterocycles. The van der Waals surface area contributed by atoms with E-state index in [1.165, 1.54) is 0 Å². The van der Waals surface area contributed by atoms with Crippen LogP contribution in [-0.4, -0.2) is 48.5 Å². The molecule has 0 saturated carbocycles. The molecule has 1 saturated heterocycles.